The first-order valence-corrected chi connectivity index (χ1v) is 5.13. The Labute approximate surface area is 88.5 Å². The highest BCUT2D eigenvalue weighted by Gasteiger charge is 2.13. The summed E-state index contributed by atoms with van der Waals surface area (Å²) in [6, 6.07) is 1.61. The summed E-state index contributed by atoms with van der Waals surface area (Å²) in [7, 11) is 0. The lowest BCUT2D eigenvalue weighted by molar-refractivity contribution is 0.0924. The van der Waals surface area contributed by atoms with Gasteiger partial charge in [-0.3, -0.25) is 9.69 Å². The molecule has 2 rings (SSSR count). The fourth-order valence-electron chi connectivity index (χ4n) is 1.64. The predicted octanol–water partition coefficient (Wildman–Crippen LogP) is 0.260. The molecule has 2 heterocycles. The second kappa shape index (κ2) is 4.84. The molecule has 5 heteroatoms. The molecule has 1 aromatic heterocycles. The van der Waals surface area contributed by atoms with E-state index in [4.69, 9.17) is 0 Å². The summed E-state index contributed by atoms with van der Waals surface area (Å²) in [5, 5.41) is 2.84. The minimum absolute atomic E-state index is 0.135. The molecule has 1 N–H and O–H groups in total. The van der Waals surface area contributed by atoms with Gasteiger partial charge >= 0.3 is 0 Å². The first kappa shape index (κ1) is 10.0. The monoisotopic (exact) mass is 206 g/mol. The van der Waals surface area contributed by atoms with Crippen LogP contribution in [0.1, 0.15) is 23.3 Å². The Morgan fingerprint density at radius 1 is 1.47 bits per heavy atom. The largest absolute Gasteiger partial charge is 0.338 e. The van der Waals surface area contributed by atoms with Crippen molar-refractivity contribution in [1.82, 2.24) is 20.2 Å². The molecule has 0 atom stereocenters. The van der Waals surface area contributed by atoms with Crippen LogP contribution in [0.25, 0.3) is 0 Å². The molecule has 1 saturated heterocycles. The van der Waals surface area contributed by atoms with Crippen molar-refractivity contribution in [2.75, 3.05) is 19.8 Å². The van der Waals surface area contributed by atoms with Crippen LogP contribution >= 0.6 is 0 Å². The fourth-order valence-corrected chi connectivity index (χ4v) is 1.64. The molecule has 0 aliphatic carbocycles. The van der Waals surface area contributed by atoms with Crippen molar-refractivity contribution < 1.29 is 4.79 Å². The molecule has 1 fully saturated rings. The third-order valence-corrected chi connectivity index (χ3v) is 2.48. The Bertz CT molecular complexity index is 321. The Kier molecular flexibility index (Phi) is 3.24. The lowest BCUT2D eigenvalue weighted by Crippen LogP contribution is -2.36. The number of nitrogens with zero attached hydrogens (tertiary/aromatic N) is 3. The van der Waals surface area contributed by atoms with Crippen LogP contribution in [0.15, 0.2) is 18.6 Å². The van der Waals surface area contributed by atoms with E-state index in [0.717, 1.165) is 13.1 Å². The van der Waals surface area contributed by atoms with Gasteiger partial charge in [0.1, 0.15) is 12.0 Å². The summed E-state index contributed by atoms with van der Waals surface area (Å²) in [4.78, 5) is 21.4. The first-order chi connectivity index (χ1) is 7.36. The molecule has 80 valence electrons. The number of hydrogen-bond acceptors (Lipinski definition) is 4. The minimum Gasteiger partial charge on any atom is -0.338 e. The highest BCUT2D eigenvalue weighted by atomic mass is 16.2. The van der Waals surface area contributed by atoms with E-state index in [1.54, 1.807) is 12.3 Å². The molecule has 0 radical (unpaired) electrons. The van der Waals surface area contributed by atoms with Crippen molar-refractivity contribution in [2.24, 2.45) is 0 Å². The Morgan fingerprint density at radius 3 is 2.93 bits per heavy atom. The Morgan fingerprint density at radius 2 is 2.27 bits per heavy atom. The topological polar surface area (TPSA) is 58.1 Å². The van der Waals surface area contributed by atoms with Crippen LogP contribution in [-0.4, -0.2) is 40.5 Å². The van der Waals surface area contributed by atoms with Crippen molar-refractivity contribution in [3.05, 3.63) is 24.3 Å². The van der Waals surface area contributed by atoms with Crippen molar-refractivity contribution in [3.8, 4) is 0 Å². The molecule has 1 aliphatic rings. The van der Waals surface area contributed by atoms with E-state index in [0.29, 0.717) is 12.4 Å². The van der Waals surface area contributed by atoms with E-state index in [9.17, 15) is 4.79 Å². The van der Waals surface area contributed by atoms with E-state index in [-0.39, 0.29) is 5.91 Å². The summed E-state index contributed by atoms with van der Waals surface area (Å²) >= 11 is 0. The van der Waals surface area contributed by atoms with Crippen LogP contribution in [0, 0.1) is 0 Å². The van der Waals surface area contributed by atoms with Crippen LogP contribution in [0.3, 0.4) is 0 Å². The van der Waals surface area contributed by atoms with Gasteiger partial charge in [-0.1, -0.05) is 0 Å². The van der Waals surface area contributed by atoms with Gasteiger partial charge in [0.05, 0.1) is 6.67 Å². The molecule has 0 bridgehead atoms. The number of nitrogens with one attached hydrogen (secondary N) is 1. The fraction of sp³-hybridized carbons (Fsp3) is 0.500. The first-order valence-electron chi connectivity index (χ1n) is 5.13. The van der Waals surface area contributed by atoms with Crippen molar-refractivity contribution in [2.45, 2.75) is 12.8 Å². The minimum atomic E-state index is -0.135. The van der Waals surface area contributed by atoms with Gasteiger partial charge in [-0.25, -0.2) is 9.97 Å². The van der Waals surface area contributed by atoms with Crippen molar-refractivity contribution in [3.63, 3.8) is 0 Å². The third-order valence-electron chi connectivity index (χ3n) is 2.48. The number of carbonyl (C=O) groups excluding carboxylic acids is 1. The lowest BCUT2D eigenvalue weighted by atomic mass is 10.4. The number of aromatic nitrogens is 2. The molecule has 0 saturated carbocycles. The number of carbonyl (C=O) groups is 1. The van der Waals surface area contributed by atoms with Gasteiger partial charge in [0.2, 0.25) is 0 Å². The third kappa shape index (κ3) is 2.73. The van der Waals surface area contributed by atoms with Gasteiger partial charge in [-0.05, 0) is 32.0 Å². The van der Waals surface area contributed by atoms with E-state index < -0.39 is 0 Å². The molecule has 15 heavy (non-hydrogen) atoms. The van der Waals surface area contributed by atoms with Crippen LogP contribution in [0.5, 0.6) is 0 Å². The standard InChI is InChI=1S/C10H14N4O/c15-10(9-3-4-11-7-12-9)13-8-14-5-1-2-6-14/h3-4,7H,1-2,5-6,8H2,(H,13,15). The molecule has 1 aliphatic heterocycles. The Hall–Kier alpha value is -1.49. The Balaban J connectivity index is 1.82. The number of hydrogen-bond donors (Lipinski definition) is 1. The normalized spacial score (nSPS) is 16.5. The molecule has 0 aromatic carbocycles. The molecular weight excluding hydrogens is 192 g/mol. The van der Waals surface area contributed by atoms with Crippen LogP contribution in [0.4, 0.5) is 0 Å². The summed E-state index contributed by atoms with van der Waals surface area (Å²) in [6.07, 6.45) is 5.40. The zero-order valence-electron chi connectivity index (χ0n) is 8.52. The van der Waals surface area contributed by atoms with E-state index >= 15 is 0 Å². The molecule has 1 aromatic rings. The predicted molar refractivity (Wildman–Crippen MR) is 55.2 cm³/mol. The van der Waals surface area contributed by atoms with Crippen LogP contribution < -0.4 is 5.32 Å². The molecular formula is C10H14N4O. The maximum atomic E-state index is 11.6. The molecule has 0 spiro atoms. The SMILES string of the molecule is O=C(NCN1CCCC1)c1ccncn1. The second-order valence-electron chi connectivity index (χ2n) is 3.58. The quantitative estimate of drug-likeness (QED) is 0.770. The second-order valence-corrected chi connectivity index (χ2v) is 3.58. The van der Waals surface area contributed by atoms with Gasteiger partial charge in [0.15, 0.2) is 0 Å². The van der Waals surface area contributed by atoms with Gasteiger partial charge in [0, 0.05) is 6.20 Å². The van der Waals surface area contributed by atoms with E-state index in [1.165, 1.54) is 19.2 Å². The van der Waals surface area contributed by atoms with Gasteiger partial charge < -0.3 is 5.32 Å². The van der Waals surface area contributed by atoms with Gasteiger partial charge in [-0.15, -0.1) is 0 Å². The average molecular weight is 206 g/mol. The summed E-state index contributed by atoms with van der Waals surface area (Å²) in [5.41, 5.74) is 0.421. The van der Waals surface area contributed by atoms with E-state index in [1.807, 2.05) is 0 Å². The number of likely N-dealkylation sites (tertiary alicyclic amines) is 1. The van der Waals surface area contributed by atoms with Crippen molar-refractivity contribution in [1.29, 1.82) is 0 Å². The number of rotatable bonds is 3. The van der Waals surface area contributed by atoms with Crippen LogP contribution in [-0.2, 0) is 0 Å². The highest BCUT2D eigenvalue weighted by Crippen LogP contribution is 2.05. The van der Waals surface area contributed by atoms with Gasteiger partial charge in [0.25, 0.3) is 5.91 Å². The molecule has 5 nitrogen and oxygen atoms in total. The zero-order valence-corrected chi connectivity index (χ0v) is 8.52. The smallest absolute Gasteiger partial charge is 0.271 e. The van der Waals surface area contributed by atoms with Crippen molar-refractivity contribution >= 4 is 5.91 Å². The molecule has 0 unspecified atom stereocenters. The van der Waals surface area contributed by atoms with E-state index in [2.05, 4.69) is 20.2 Å². The lowest BCUT2D eigenvalue weighted by Gasteiger charge is -2.14. The highest BCUT2D eigenvalue weighted by molar-refractivity contribution is 5.91. The van der Waals surface area contributed by atoms with Crippen LogP contribution in [0.2, 0.25) is 0 Å². The maximum absolute atomic E-state index is 11.6. The average Bonchev–Trinajstić information content (AvgIpc) is 2.80. The molecule has 1 amide bonds. The summed E-state index contributed by atoms with van der Waals surface area (Å²) in [6.45, 7) is 2.76. The van der Waals surface area contributed by atoms with Gasteiger partial charge in [-0.2, -0.15) is 0 Å². The maximum Gasteiger partial charge on any atom is 0.271 e. The number of amides is 1. The summed E-state index contributed by atoms with van der Waals surface area (Å²) < 4.78 is 0. The summed E-state index contributed by atoms with van der Waals surface area (Å²) in [5.74, 6) is -0.135. The zero-order chi connectivity index (χ0) is 10.5.